The molecule has 0 aromatic heterocycles. The SMILES string of the molecule is CNCC(C)C(=O)NCCc1c(C)cccc1C.Cl. The van der Waals surface area contributed by atoms with E-state index >= 15 is 0 Å². The molecule has 1 rings (SSSR count). The van der Waals surface area contributed by atoms with Crippen LogP contribution in [-0.2, 0) is 11.2 Å². The second-order valence-corrected chi connectivity index (χ2v) is 4.87. The monoisotopic (exact) mass is 284 g/mol. The van der Waals surface area contributed by atoms with Gasteiger partial charge in [0.05, 0.1) is 0 Å². The van der Waals surface area contributed by atoms with Gasteiger partial charge in [-0.3, -0.25) is 4.79 Å². The first-order chi connectivity index (χ1) is 8.56. The van der Waals surface area contributed by atoms with Crippen LogP contribution in [0.4, 0.5) is 0 Å². The van der Waals surface area contributed by atoms with Crippen LogP contribution in [0.3, 0.4) is 0 Å². The number of carbonyl (C=O) groups excluding carboxylic acids is 1. The third kappa shape index (κ3) is 5.62. The Morgan fingerprint density at radius 3 is 2.37 bits per heavy atom. The van der Waals surface area contributed by atoms with Gasteiger partial charge < -0.3 is 10.6 Å². The summed E-state index contributed by atoms with van der Waals surface area (Å²) in [6.07, 6.45) is 0.899. The summed E-state index contributed by atoms with van der Waals surface area (Å²) in [4.78, 5) is 11.7. The number of aryl methyl sites for hydroxylation is 2. The van der Waals surface area contributed by atoms with Gasteiger partial charge in [-0.15, -0.1) is 12.4 Å². The number of hydrogen-bond acceptors (Lipinski definition) is 2. The van der Waals surface area contributed by atoms with Gasteiger partial charge in [0, 0.05) is 19.0 Å². The second kappa shape index (κ2) is 8.94. The van der Waals surface area contributed by atoms with Gasteiger partial charge in [0.15, 0.2) is 0 Å². The lowest BCUT2D eigenvalue weighted by atomic mass is 10.00. The lowest BCUT2D eigenvalue weighted by Gasteiger charge is -2.13. The van der Waals surface area contributed by atoms with Crippen LogP contribution >= 0.6 is 12.4 Å². The van der Waals surface area contributed by atoms with Crippen LogP contribution in [0.15, 0.2) is 18.2 Å². The highest BCUT2D eigenvalue weighted by Crippen LogP contribution is 2.13. The first-order valence-corrected chi connectivity index (χ1v) is 6.53. The van der Waals surface area contributed by atoms with Crippen molar-refractivity contribution in [1.29, 1.82) is 0 Å². The maximum atomic E-state index is 11.7. The molecule has 0 aliphatic heterocycles. The fourth-order valence-corrected chi connectivity index (χ4v) is 2.13. The molecule has 0 aliphatic rings. The van der Waals surface area contributed by atoms with Crippen LogP contribution in [0.2, 0.25) is 0 Å². The molecule has 1 amide bonds. The van der Waals surface area contributed by atoms with Crippen LogP contribution in [0, 0.1) is 19.8 Å². The molecule has 0 radical (unpaired) electrons. The fourth-order valence-electron chi connectivity index (χ4n) is 2.13. The number of benzene rings is 1. The molecule has 1 unspecified atom stereocenters. The van der Waals surface area contributed by atoms with E-state index in [0.29, 0.717) is 6.54 Å². The van der Waals surface area contributed by atoms with Crippen molar-refractivity contribution in [3.8, 4) is 0 Å². The number of carbonyl (C=O) groups is 1. The van der Waals surface area contributed by atoms with Crippen molar-refractivity contribution in [2.24, 2.45) is 5.92 Å². The molecule has 19 heavy (non-hydrogen) atoms. The van der Waals surface area contributed by atoms with Gasteiger partial charge in [-0.05, 0) is 44.0 Å². The molecule has 1 atom stereocenters. The van der Waals surface area contributed by atoms with Crippen molar-refractivity contribution in [2.45, 2.75) is 27.2 Å². The first kappa shape index (κ1) is 17.9. The highest BCUT2D eigenvalue weighted by molar-refractivity contribution is 5.85. The molecule has 1 aromatic rings. The van der Waals surface area contributed by atoms with Gasteiger partial charge in [0.2, 0.25) is 5.91 Å². The molecule has 0 fully saturated rings. The molecule has 3 nitrogen and oxygen atoms in total. The van der Waals surface area contributed by atoms with E-state index in [4.69, 9.17) is 0 Å². The molecule has 0 spiro atoms. The van der Waals surface area contributed by atoms with E-state index in [1.54, 1.807) is 0 Å². The maximum Gasteiger partial charge on any atom is 0.224 e. The van der Waals surface area contributed by atoms with E-state index in [9.17, 15) is 4.79 Å². The summed E-state index contributed by atoms with van der Waals surface area (Å²) in [5.41, 5.74) is 3.94. The summed E-state index contributed by atoms with van der Waals surface area (Å²) in [6, 6.07) is 6.31. The van der Waals surface area contributed by atoms with Crippen molar-refractivity contribution in [3.05, 3.63) is 34.9 Å². The minimum atomic E-state index is 0. The molecular weight excluding hydrogens is 260 g/mol. The molecule has 0 bridgehead atoms. The average Bonchev–Trinajstić information content (AvgIpc) is 2.33. The molecule has 0 aliphatic carbocycles. The summed E-state index contributed by atoms with van der Waals surface area (Å²) >= 11 is 0. The standard InChI is InChI=1S/C15H24N2O.ClH/c1-11-6-5-7-12(2)14(11)8-9-17-15(18)13(3)10-16-4;/h5-7,13,16H,8-10H2,1-4H3,(H,17,18);1H. The van der Waals surface area contributed by atoms with Crippen molar-refractivity contribution in [1.82, 2.24) is 10.6 Å². The maximum absolute atomic E-state index is 11.7. The zero-order chi connectivity index (χ0) is 13.5. The van der Waals surface area contributed by atoms with Crippen LogP contribution in [0.5, 0.6) is 0 Å². The highest BCUT2D eigenvalue weighted by Gasteiger charge is 2.11. The van der Waals surface area contributed by atoms with Gasteiger partial charge in [-0.1, -0.05) is 25.1 Å². The number of halogens is 1. The summed E-state index contributed by atoms with van der Waals surface area (Å²) in [5, 5.41) is 6.01. The number of rotatable bonds is 6. The zero-order valence-corrected chi connectivity index (χ0v) is 13.1. The topological polar surface area (TPSA) is 41.1 Å². The van der Waals surface area contributed by atoms with Crippen molar-refractivity contribution in [2.75, 3.05) is 20.1 Å². The third-order valence-corrected chi connectivity index (χ3v) is 3.28. The van der Waals surface area contributed by atoms with Crippen LogP contribution in [-0.4, -0.2) is 26.0 Å². The van der Waals surface area contributed by atoms with Gasteiger partial charge >= 0.3 is 0 Å². The summed E-state index contributed by atoms with van der Waals surface area (Å²) < 4.78 is 0. The van der Waals surface area contributed by atoms with Crippen LogP contribution < -0.4 is 10.6 Å². The lowest BCUT2D eigenvalue weighted by Crippen LogP contribution is -2.35. The Morgan fingerprint density at radius 2 is 1.84 bits per heavy atom. The second-order valence-electron chi connectivity index (χ2n) is 4.87. The highest BCUT2D eigenvalue weighted by atomic mass is 35.5. The Balaban J connectivity index is 0.00000324. The minimum Gasteiger partial charge on any atom is -0.355 e. The van der Waals surface area contributed by atoms with Gasteiger partial charge in [-0.25, -0.2) is 0 Å². The lowest BCUT2D eigenvalue weighted by molar-refractivity contribution is -0.124. The normalized spacial score (nSPS) is 11.6. The quantitative estimate of drug-likeness (QED) is 0.841. The average molecular weight is 285 g/mol. The largest absolute Gasteiger partial charge is 0.355 e. The zero-order valence-electron chi connectivity index (χ0n) is 12.2. The summed E-state index contributed by atoms with van der Waals surface area (Å²) in [7, 11) is 1.86. The third-order valence-electron chi connectivity index (χ3n) is 3.28. The molecule has 4 heteroatoms. The Labute approximate surface area is 122 Å². The van der Waals surface area contributed by atoms with Crippen molar-refractivity contribution < 1.29 is 4.79 Å². The van der Waals surface area contributed by atoms with Crippen LogP contribution in [0.25, 0.3) is 0 Å². The fraction of sp³-hybridized carbons (Fsp3) is 0.533. The molecule has 0 saturated carbocycles. The first-order valence-electron chi connectivity index (χ1n) is 6.53. The van der Waals surface area contributed by atoms with Gasteiger partial charge in [0.25, 0.3) is 0 Å². The predicted molar refractivity (Wildman–Crippen MR) is 83.0 cm³/mol. The molecular formula is C15H25ClN2O. The Kier molecular flexibility index (Phi) is 8.44. The molecule has 0 heterocycles. The van der Waals surface area contributed by atoms with E-state index in [0.717, 1.165) is 13.0 Å². The summed E-state index contributed by atoms with van der Waals surface area (Å²) in [6.45, 7) is 7.60. The van der Waals surface area contributed by atoms with E-state index in [1.165, 1.54) is 16.7 Å². The Morgan fingerprint density at radius 1 is 1.26 bits per heavy atom. The number of hydrogen-bond donors (Lipinski definition) is 2. The molecule has 108 valence electrons. The van der Waals surface area contributed by atoms with Crippen molar-refractivity contribution >= 4 is 18.3 Å². The minimum absolute atomic E-state index is 0. The van der Waals surface area contributed by atoms with E-state index < -0.39 is 0 Å². The van der Waals surface area contributed by atoms with Crippen molar-refractivity contribution in [3.63, 3.8) is 0 Å². The van der Waals surface area contributed by atoms with Crippen LogP contribution in [0.1, 0.15) is 23.6 Å². The molecule has 0 saturated heterocycles. The predicted octanol–water partition coefficient (Wildman–Crippen LogP) is 2.24. The molecule has 2 N–H and O–H groups in total. The Hall–Kier alpha value is -1.06. The summed E-state index contributed by atoms with van der Waals surface area (Å²) in [5.74, 6) is 0.142. The van der Waals surface area contributed by atoms with E-state index in [-0.39, 0.29) is 24.2 Å². The molecule has 1 aromatic carbocycles. The van der Waals surface area contributed by atoms with Gasteiger partial charge in [-0.2, -0.15) is 0 Å². The van der Waals surface area contributed by atoms with Gasteiger partial charge in [0.1, 0.15) is 0 Å². The smallest absolute Gasteiger partial charge is 0.224 e. The van der Waals surface area contributed by atoms with E-state index in [1.807, 2.05) is 14.0 Å². The Bertz CT molecular complexity index is 387. The number of nitrogens with one attached hydrogen (secondary N) is 2. The number of amides is 1. The van der Waals surface area contributed by atoms with E-state index in [2.05, 4.69) is 42.7 Å².